The highest BCUT2D eigenvalue weighted by atomic mass is 16.2. The molecule has 0 radical (unpaired) electrons. The minimum atomic E-state index is 0.00481. The van der Waals surface area contributed by atoms with Gasteiger partial charge in [-0.15, -0.1) is 0 Å². The van der Waals surface area contributed by atoms with Crippen molar-refractivity contribution in [2.45, 2.75) is 32.7 Å². The lowest BCUT2D eigenvalue weighted by Crippen LogP contribution is -2.11. The topological polar surface area (TPSA) is 55.1 Å². The number of fused-ring (bicyclic) bond motifs is 1. The number of nitrogens with one attached hydrogen (secondary N) is 1. The number of benzene rings is 1. The molecule has 1 aliphatic heterocycles. The molecule has 0 fully saturated rings. The van der Waals surface area contributed by atoms with Gasteiger partial charge in [0.1, 0.15) is 0 Å². The van der Waals surface area contributed by atoms with E-state index in [1.165, 1.54) is 5.56 Å². The lowest BCUT2D eigenvalue weighted by Gasteiger charge is -2.09. The van der Waals surface area contributed by atoms with Crippen LogP contribution >= 0.6 is 0 Å². The largest absolute Gasteiger partial charge is 0.326 e. The molecule has 1 aromatic carbocycles. The van der Waals surface area contributed by atoms with E-state index in [2.05, 4.69) is 11.4 Å². The number of carbonyl (C=O) groups excluding carboxylic acids is 1. The third-order valence-corrected chi connectivity index (χ3v) is 2.96. The van der Waals surface area contributed by atoms with Gasteiger partial charge in [-0.05, 0) is 24.5 Å². The highest BCUT2D eigenvalue weighted by Gasteiger charge is 2.30. The van der Waals surface area contributed by atoms with Crippen LogP contribution in [0.4, 0.5) is 5.69 Å². The van der Waals surface area contributed by atoms with Gasteiger partial charge in [-0.3, -0.25) is 4.79 Å². The Labute approximate surface area is 89.7 Å². The van der Waals surface area contributed by atoms with Gasteiger partial charge in [0.05, 0.1) is 5.92 Å². The second-order valence-corrected chi connectivity index (χ2v) is 4.04. The first-order valence-corrected chi connectivity index (χ1v) is 5.31. The Bertz CT molecular complexity index is 412. The van der Waals surface area contributed by atoms with Crippen molar-refractivity contribution >= 4 is 11.6 Å². The zero-order chi connectivity index (χ0) is 11.0. The van der Waals surface area contributed by atoms with E-state index in [9.17, 15) is 4.79 Å². The van der Waals surface area contributed by atoms with Crippen molar-refractivity contribution in [2.75, 3.05) is 5.32 Å². The van der Waals surface area contributed by atoms with Crippen LogP contribution in [0.1, 0.15) is 36.0 Å². The maximum Gasteiger partial charge on any atom is 0.232 e. The second kappa shape index (κ2) is 3.66. The Morgan fingerprint density at radius 3 is 2.80 bits per heavy atom. The molecule has 0 aromatic heterocycles. The average Bonchev–Trinajstić information content (AvgIpc) is 2.52. The Kier molecular flexibility index (Phi) is 2.49. The number of hydrogen-bond donors (Lipinski definition) is 2. The van der Waals surface area contributed by atoms with Crippen molar-refractivity contribution in [1.29, 1.82) is 0 Å². The summed E-state index contributed by atoms with van der Waals surface area (Å²) in [7, 11) is 0. The molecule has 1 aromatic rings. The molecular weight excluding hydrogens is 188 g/mol. The molecule has 3 N–H and O–H groups in total. The predicted molar refractivity (Wildman–Crippen MR) is 60.7 cm³/mol. The summed E-state index contributed by atoms with van der Waals surface area (Å²) in [5.41, 5.74) is 9.94. The molecule has 3 nitrogen and oxygen atoms in total. The Hall–Kier alpha value is -1.35. The second-order valence-electron chi connectivity index (χ2n) is 4.04. The van der Waals surface area contributed by atoms with Crippen molar-refractivity contribution in [3.63, 3.8) is 0 Å². The van der Waals surface area contributed by atoms with Crippen LogP contribution in [0.25, 0.3) is 0 Å². The summed E-state index contributed by atoms with van der Waals surface area (Å²) in [4.78, 5) is 11.7. The Morgan fingerprint density at radius 1 is 1.47 bits per heavy atom. The predicted octanol–water partition coefficient (Wildman–Crippen LogP) is 1.90. The van der Waals surface area contributed by atoms with Gasteiger partial charge in [0, 0.05) is 12.2 Å². The standard InChI is InChI=1S/C12H16N2O/c1-3-9-10-5-7(2)4-8(6-13)11(10)14-12(9)15/h4-5,9H,3,6,13H2,1-2H3,(H,14,15). The van der Waals surface area contributed by atoms with E-state index >= 15 is 0 Å². The molecule has 1 heterocycles. The number of rotatable bonds is 2. The van der Waals surface area contributed by atoms with Crippen LogP contribution in [-0.2, 0) is 11.3 Å². The molecule has 0 saturated heterocycles. The first-order chi connectivity index (χ1) is 7.17. The quantitative estimate of drug-likeness (QED) is 0.773. The van der Waals surface area contributed by atoms with Crippen molar-refractivity contribution in [1.82, 2.24) is 0 Å². The molecule has 0 aliphatic carbocycles. The third kappa shape index (κ3) is 1.53. The number of nitrogens with two attached hydrogens (primary N) is 1. The van der Waals surface area contributed by atoms with E-state index < -0.39 is 0 Å². The maximum atomic E-state index is 11.7. The average molecular weight is 204 g/mol. The monoisotopic (exact) mass is 204 g/mol. The van der Waals surface area contributed by atoms with E-state index in [4.69, 9.17) is 5.73 Å². The lowest BCUT2D eigenvalue weighted by atomic mass is 9.94. The highest BCUT2D eigenvalue weighted by Crippen LogP contribution is 2.37. The van der Waals surface area contributed by atoms with Crippen molar-refractivity contribution < 1.29 is 4.79 Å². The first-order valence-electron chi connectivity index (χ1n) is 5.31. The van der Waals surface area contributed by atoms with Crippen LogP contribution in [-0.4, -0.2) is 5.91 Å². The summed E-state index contributed by atoms with van der Waals surface area (Å²) in [6.45, 7) is 4.54. The summed E-state index contributed by atoms with van der Waals surface area (Å²) >= 11 is 0. The van der Waals surface area contributed by atoms with E-state index in [0.29, 0.717) is 6.54 Å². The van der Waals surface area contributed by atoms with Crippen molar-refractivity contribution in [3.8, 4) is 0 Å². The molecule has 0 bridgehead atoms. The summed E-state index contributed by atoms with van der Waals surface area (Å²) in [6, 6.07) is 4.12. The fourth-order valence-electron chi connectivity index (χ4n) is 2.24. The first kappa shape index (κ1) is 10.2. The number of anilines is 1. The molecule has 15 heavy (non-hydrogen) atoms. The van der Waals surface area contributed by atoms with Gasteiger partial charge in [-0.25, -0.2) is 0 Å². The van der Waals surface area contributed by atoms with Crippen LogP contribution in [0.3, 0.4) is 0 Å². The summed E-state index contributed by atoms with van der Waals surface area (Å²) in [5, 5.41) is 2.93. The molecule has 3 heteroatoms. The maximum absolute atomic E-state index is 11.7. The Balaban J connectivity index is 2.57. The van der Waals surface area contributed by atoms with Crippen LogP contribution in [0.5, 0.6) is 0 Å². The van der Waals surface area contributed by atoms with Crippen LogP contribution in [0, 0.1) is 6.92 Å². The zero-order valence-electron chi connectivity index (χ0n) is 9.13. The highest BCUT2D eigenvalue weighted by molar-refractivity contribution is 6.03. The molecule has 1 atom stereocenters. The van der Waals surface area contributed by atoms with Gasteiger partial charge in [-0.1, -0.05) is 24.6 Å². The van der Waals surface area contributed by atoms with Crippen LogP contribution in [0.2, 0.25) is 0 Å². The minimum absolute atomic E-state index is 0.00481. The normalized spacial score (nSPS) is 18.9. The minimum Gasteiger partial charge on any atom is -0.326 e. The number of aryl methyl sites for hydroxylation is 1. The van der Waals surface area contributed by atoms with Gasteiger partial charge >= 0.3 is 0 Å². The summed E-state index contributed by atoms with van der Waals surface area (Å²) in [6.07, 6.45) is 0.840. The summed E-state index contributed by atoms with van der Waals surface area (Å²) in [5.74, 6) is 0.109. The van der Waals surface area contributed by atoms with Gasteiger partial charge in [-0.2, -0.15) is 0 Å². The van der Waals surface area contributed by atoms with Gasteiger partial charge in [0.25, 0.3) is 0 Å². The number of hydrogen-bond acceptors (Lipinski definition) is 2. The molecule has 80 valence electrons. The SMILES string of the molecule is CCC1C(=O)Nc2c(CN)cc(C)cc21. The molecule has 0 saturated carbocycles. The smallest absolute Gasteiger partial charge is 0.232 e. The summed E-state index contributed by atoms with van der Waals surface area (Å²) < 4.78 is 0. The van der Waals surface area contributed by atoms with Crippen molar-refractivity contribution in [3.05, 3.63) is 28.8 Å². The zero-order valence-corrected chi connectivity index (χ0v) is 9.13. The molecule has 1 unspecified atom stereocenters. The van der Waals surface area contributed by atoms with Crippen LogP contribution < -0.4 is 11.1 Å². The fraction of sp³-hybridized carbons (Fsp3) is 0.417. The molecule has 2 rings (SSSR count). The van der Waals surface area contributed by atoms with E-state index in [-0.39, 0.29) is 11.8 Å². The van der Waals surface area contributed by atoms with Crippen molar-refractivity contribution in [2.24, 2.45) is 5.73 Å². The van der Waals surface area contributed by atoms with E-state index in [1.807, 2.05) is 19.9 Å². The Morgan fingerprint density at radius 2 is 2.20 bits per heavy atom. The fourth-order valence-corrected chi connectivity index (χ4v) is 2.24. The van der Waals surface area contributed by atoms with E-state index in [1.54, 1.807) is 0 Å². The molecule has 1 amide bonds. The van der Waals surface area contributed by atoms with Crippen LogP contribution in [0.15, 0.2) is 12.1 Å². The molecule has 1 aliphatic rings. The lowest BCUT2D eigenvalue weighted by molar-refractivity contribution is -0.117. The number of carbonyl (C=O) groups is 1. The van der Waals surface area contributed by atoms with Gasteiger partial charge < -0.3 is 11.1 Å². The third-order valence-electron chi connectivity index (χ3n) is 2.96. The van der Waals surface area contributed by atoms with Gasteiger partial charge in [0.2, 0.25) is 5.91 Å². The molecule has 0 spiro atoms. The molecular formula is C12H16N2O. The number of amides is 1. The van der Waals surface area contributed by atoms with E-state index in [0.717, 1.165) is 23.2 Å². The van der Waals surface area contributed by atoms with Gasteiger partial charge in [0.15, 0.2) is 0 Å².